The Bertz CT molecular complexity index is 613. The van der Waals surface area contributed by atoms with Gasteiger partial charge in [-0.3, -0.25) is 10.1 Å². The quantitative estimate of drug-likeness (QED) is 0.261. The number of methoxy groups -OCH3 is 1. The molecule has 0 saturated heterocycles. The lowest BCUT2D eigenvalue weighted by atomic mass is 10.3. The van der Waals surface area contributed by atoms with E-state index in [1.165, 1.54) is 17.3 Å². The normalized spacial score (nSPS) is 21.9. The average Bonchev–Trinajstić information content (AvgIpc) is 2.71. The first-order valence-electron chi connectivity index (χ1n) is 5.88. The largest absolute Gasteiger partial charge is 0.500 e. The maximum atomic E-state index is 11.2. The molecule has 2 rings (SSSR count). The van der Waals surface area contributed by atoms with Crippen LogP contribution >= 0.6 is 0 Å². The summed E-state index contributed by atoms with van der Waals surface area (Å²) in [5.41, 5.74) is 0.484. The Morgan fingerprint density at radius 1 is 1.50 bits per heavy atom. The van der Waals surface area contributed by atoms with Crippen LogP contribution in [0.5, 0.6) is 5.88 Å². The summed E-state index contributed by atoms with van der Waals surface area (Å²) >= 11 is 5.18. The maximum Gasteiger partial charge on any atom is 0.500 e. The van der Waals surface area contributed by atoms with E-state index < -0.39 is 4.92 Å². The van der Waals surface area contributed by atoms with Gasteiger partial charge < -0.3 is 17.6 Å². The summed E-state index contributed by atoms with van der Waals surface area (Å²) in [5.74, 6) is 0.913. The van der Waals surface area contributed by atoms with E-state index in [1.807, 2.05) is 6.92 Å². The van der Waals surface area contributed by atoms with Gasteiger partial charge in [0, 0.05) is 6.07 Å². The van der Waals surface area contributed by atoms with E-state index in [4.69, 9.17) is 17.6 Å². The molecule has 1 aliphatic heterocycles. The lowest BCUT2D eigenvalue weighted by molar-refractivity contribution is -0.848. The Labute approximate surface area is 121 Å². The molecule has 1 aromatic heterocycles. The lowest BCUT2D eigenvalue weighted by Crippen LogP contribution is -2.50. The SMILES string of the molecule is CC[N+]1(C)C([N+](=O)[O-])=C[N+]([S-])=C1c1ccc(OC)nn1. The fourth-order valence-electron chi connectivity index (χ4n) is 2.07. The van der Waals surface area contributed by atoms with Crippen LogP contribution < -0.4 is 4.74 Å². The van der Waals surface area contributed by atoms with Crippen molar-refractivity contribution in [1.29, 1.82) is 0 Å². The standard InChI is InChI=1S/C11H14N5O3S/c1-4-16(2)10(15(17)18)7-14(20)11(16)8-5-6-9(19-3)13-12-8/h5-7H,4H2,1-3H3/q+1. The molecule has 20 heavy (non-hydrogen) atoms. The summed E-state index contributed by atoms with van der Waals surface area (Å²) in [7, 11) is 3.21. The second-order valence-electron chi connectivity index (χ2n) is 4.36. The van der Waals surface area contributed by atoms with Crippen LogP contribution in [-0.2, 0) is 12.8 Å². The molecule has 1 aromatic rings. The number of hydrogen-bond acceptors (Lipinski definition) is 6. The zero-order valence-electron chi connectivity index (χ0n) is 11.3. The third-order valence-corrected chi connectivity index (χ3v) is 3.59. The number of amidine groups is 1. The average molecular weight is 296 g/mol. The predicted octanol–water partition coefficient (Wildman–Crippen LogP) is 0.262. The number of nitro groups is 1. The number of ether oxygens (including phenoxy) is 1. The van der Waals surface area contributed by atoms with Crippen molar-refractivity contribution in [2.24, 2.45) is 0 Å². The first kappa shape index (κ1) is 14.3. The number of nitrogens with zero attached hydrogens (tertiary/aromatic N) is 5. The third kappa shape index (κ3) is 2.10. The van der Waals surface area contributed by atoms with Crippen molar-refractivity contribution in [3.63, 3.8) is 0 Å². The zero-order valence-corrected chi connectivity index (χ0v) is 12.1. The molecule has 0 aromatic carbocycles. The highest BCUT2D eigenvalue weighted by molar-refractivity contribution is 7.51. The van der Waals surface area contributed by atoms with Crippen LogP contribution in [0, 0.1) is 10.1 Å². The van der Waals surface area contributed by atoms with E-state index in [-0.39, 0.29) is 10.3 Å². The molecule has 0 bridgehead atoms. The van der Waals surface area contributed by atoms with Crippen molar-refractivity contribution in [2.75, 3.05) is 20.7 Å². The van der Waals surface area contributed by atoms with Gasteiger partial charge in [-0.15, -0.1) is 14.7 Å². The topological polar surface area (TPSA) is 81.2 Å². The second-order valence-corrected chi connectivity index (χ2v) is 4.76. The van der Waals surface area contributed by atoms with Crippen molar-refractivity contribution < 1.29 is 18.1 Å². The van der Waals surface area contributed by atoms with E-state index in [2.05, 4.69) is 10.2 Å². The third-order valence-electron chi connectivity index (χ3n) is 3.31. The Kier molecular flexibility index (Phi) is 3.64. The van der Waals surface area contributed by atoms with Crippen molar-refractivity contribution >= 4 is 18.7 Å². The first-order valence-corrected chi connectivity index (χ1v) is 6.24. The molecule has 0 N–H and O–H groups in total. The number of aromatic nitrogens is 2. The summed E-state index contributed by atoms with van der Waals surface area (Å²) in [6, 6.07) is 3.33. The maximum absolute atomic E-state index is 11.2. The van der Waals surface area contributed by atoms with Crippen molar-refractivity contribution in [2.45, 2.75) is 6.92 Å². The van der Waals surface area contributed by atoms with E-state index in [9.17, 15) is 10.1 Å². The highest BCUT2D eigenvalue weighted by Gasteiger charge is 2.53. The minimum atomic E-state index is -0.424. The zero-order chi connectivity index (χ0) is 14.9. The molecule has 8 nitrogen and oxygen atoms in total. The fraction of sp³-hybridized carbons (Fsp3) is 0.364. The van der Waals surface area contributed by atoms with Crippen molar-refractivity contribution in [3.05, 3.63) is 40.0 Å². The van der Waals surface area contributed by atoms with E-state index in [1.54, 1.807) is 19.2 Å². The predicted molar refractivity (Wildman–Crippen MR) is 72.1 cm³/mol. The van der Waals surface area contributed by atoms with E-state index in [0.29, 0.717) is 24.0 Å². The number of rotatable bonds is 4. The Hall–Kier alpha value is -2.13. The Morgan fingerprint density at radius 3 is 2.65 bits per heavy atom. The molecular formula is C11H14N5O3S+. The van der Waals surface area contributed by atoms with Gasteiger partial charge in [0.05, 0.1) is 20.7 Å². The summed E-state index contributed by atoms with van der Waals surface area (Å²) < 4.78 is 6.22. The van der Waals surface area contributed by atoms with E-state index in [0.717, 1.165) is 0 Å². The molecule has 1 atom stereocenters. The van der Waals surface area contributed by atoms with Gasteiger partial charge in [0.1, 0.15) is 4.92 Å². The molecule has 1 unspecified atom stereocenters. The second kappa shape index (κ2) is 5.10. The minimum Gasteiger partial charge on any atom is -0.480 e. The van der Waals surface area contributed by atoms with Gasteiger partial charge in [0.15, 0.2) is 0 Å². The molecule has 106 valence electrons. The van der Waals surface area contributed by atoms with E-state index >= 15 is 0 Å². The van der Waals surface area contributed by atoms with Gasteiger partial charge in [-0.1, -0.05) is 0 Å². The smallest absolute Gasteiger partial charge is 0.480 e. The Balaban J connectivity index is 2.50. The molecule has 1 aliphatic rings. The van der Waals surface area contributed by atoms with Gasteiger partial charge in [0.25, 0.3) is 6.20 Å². The fourth-order valence-corrected chi connectivity index (χ4v) is 2.44. The molecule has 0 fully saturated rings. The van der Waals surface area contributed by atoms with Crippen LogP contribution in [0.15, 0.2) is 24.2 Å². The van der Waals surface area contributed by atoms with Crippen LogP contribution in [0.2, 0.25) is 0 Å². The highest BCUT2D eigenvalue weighted by Crippen LogP contribution is 2.25. The molecule has 0 amide bonds. The van der Waals surface area contributed by atoms with Crippen LogP contribution in [0.1, 0.15) is 12.6 Å². The molecule has 0 saturated carbocycles. The van der Waals surface area contributed by atoms with Gasteiger partial charge >= 0.3 is 11.7 Å². The van der Waals surface area contributed by atoms with Crippen LogP contribution in [0.4, 0.5) is 0 Å². The Morgan fingerprint density at radius 2 is 2.20 bits per heavy atom. The molecular weight excluding hydrogens is 282 g/mol. The van der Waals surface area contributed by atoms with Crippen molar-refractivity contribution in [3.8, 4) is 5.88 Å². The molecule has 0 spiro atoms. The summed E-state index contributed by atoms with van der Waals surface area (Å²) in [6.07, 6.45) is 1.33. The van der Waals surface area contributed by atoms with Gasteiger partial charge in [-0.25, -0.2) is 3.98 Å². The molecule has 0 radical (unpaired) electrons. The summed E-state index contributed by atoms with van der Waals surface area (Å²) in [6.45, 7) is 2.33. The summed E-state index contributed by atoms with van der Waals surface area (Å²) in [5, 5.41) is 19.1. The monoisotopic (exact) mass is 296 g/mol. The number of hydrogen-bond donors (Lipinski definition) is 0. The van der Waals surface area contributed by atoms with Gasteiger partial charge in [-0.05, 0) is 13.0 Å². The molecule has 2 heterocycles. The summed E-state index contributed by atoms with van der Waals surface area (Å²) in [4.78, 5) is 10.8. The van der Waals surface area contributed by atoms with Crippen LogP contribution in [0.25, 0.3) is 0 Å². The lowest BCUT2D eigenvalue weighted by Gasteiger charge is -2.21. The minimum absolute atomic E-state index is 0.00937. The van der Waals surface area contributed by atoms with Crippen molar-refractivity contribution in [1.82, 2.24) is 10.2 Å². The van der Waals surface area contributed by atoms with Gasteiger partial charge in [-0.2, -0.15) is 0 Å². The van der Waals surface area contributed by atoms with Crippen LogP contribution in [-0.4, -0.2) is 50.1 Å². The highest BCUT2D eigenvalue weighted by atomic mass is 32.1. The molecule has 0 aliphatic carbocycles. The molecule has 9 heteroatoms. The number of quaternary nitrogens is 1. The van der Waals surface area contributed by atoms with Gasteiger partial charge in [0.2, 0.25) is 11.6 Å². The van der Waals surface area contributed by atoms with Crippen LogP contribution in [0.3, 0.4) is 0 Å². The first-order chi connectivity index (χ1) is 9.43.